The highest BCUT2D eigenvalue weighted by Gasteiger charge is 2.55. The number of nitrogens with zero attached hydrogens (tertiary/aromatic N) is 1. The third-order valence-corrected chi connectivity index (χ3v) is 10.4. The Balaban J connectivity index is 1.36. The Kier molecular flexibility index (Phi) is 5.39. The molecule has 2 aliphatic carbocycles. The van der Waals surface area contributed by atoms with Crippen LogP contribution < -0.4 is 10.2 Å². The zero-order valence-corrected chi connectivity index (χ0v) is 20.1. The number of halogens is 2. The van der Waals surface area contributed by atoms with Crippen molar-refractivity contribution in [2.45, 2.75) is 42.0 Å². The van der Waals surface area contributed by atoms with Crippen molar-refractivity contribution in [1.29, 1.82) is 0 Å². The first-order chi connectivity index (χ1) is 16.0. The Morgan fingerprint density at radius 2 is 1.82 bits per heavy atom. The number of benzene rings is 2. The van der Waals surface area contributed by atoms with Gasteiger partial charge in [-0.2, -0.15) is 0 Å². The van der Waals surface area contributed by atoms with Crippen LogP contribution in [0.25, 0.3) is 0 Å². The summed E-state index contributed by atoms with van der Waals surface area (Å²) in [5, 5.41) is 4.81. The molecule has 1 N–H and O–H groups in total. The van der Waals surface area contributed by atoms with Gasteiger partial charge in [0.25, 0.3) is 0 Å². The predicted octanol–water partition coefficient (Wildman–Crippen LogP) is 5.99. The molecule has 33 heavy (non-hydrogen) atoms. The second-order valence-electron chi connectivity index (χ2n) is 9.20. The van der Waals surface area contributed by atoms with E-state index in [-0.39, 0.29) is 29.1 Å². The zero-order chi connectivity index (χ0) is 22.7. The van der Waals surface area contributed by atoms with Gasteiger partial charge in [-0.15, -0.1) is 11.8 Å². The van der Waals surface area contributed by atoms with Crippen LogP contribution in [-0.2, 0) is 11.3 Å². The lowest BCUT2D eigenvalue weighted by Gasteiger charge is -2.40. The highest BCUT2D eigenvalue weighted by Crippen LogP contribution is 2.64. The van der Waals surface area contributed by atoms with Gasteiger partial charge in [0.05, 0.1) is 5.03 Å². The van der Waals surface area contributed by atoms with Crippen molar-refractivity contribution in [3.8, 4) is 0 Å². The molecule has 4 nitrogen and oxygen atoms in total. The molecule has 2 aromatic carbocycles. The molecule has 170 valence electrons. The summed E-state index contributed by atoms with van der Waals surface area (Å²) in [6.07, 6.45) is 3.70. The number of aromatic nitrogens is 1. The lowest BCUT2D eigenvalue weighted by Crippen LogP contribution is -2.34. The van der Waals surface area contributed by atoms with Crippen LogP contribution in [0.4, 0.5) is 10.1 Å². The number of rotatable bonds is 4. The van der Waals surface area contributed by atoms with Gasteiger partial charge >= 0.3 is 4.87 Å². The molecule has 0 unspecified atom stereocenters. The minimum atomic E-state index is -0.252. The molecule has 3 aliphatic rings. The lowest BCUT2D eigenvalue weighted by atomic mass is 9.75. The molecule has 2 bridgehead atoms. The quantitative estimate of drug-likeness (QED) is 0.478. The third-order valence-electron chi connectivity index (χ3n) is 7.35. The number of amides is 1. The molecule has 0 radical (unpaired) electrons. The van der Waals surface area contributed by atoms with E-state index in [1.165, 1.54) is 42.7 Å². The molecule has 1 aromatic heterocycles. The number of carbonyl (C=O) groups is 1. The van der Waals surface area contributed by atoms with Crippen molar-refractivity contribution < 1.29 is 9.18 Å². The Bertz CT molecular complexity index is 1270. The van der Waals surface area contributed by atoms with Crippen LogP contribution in [0.5, 0.6) is 0 Å². The number of fused-ring (bicyclic) bond motifs is 6. The van der Waals surface area contributed by atoms with E-state index in [0.29, 0.717) is 33.7 Å². The lowest BCUT2D eigenvalue weighted by molar-refractivity contribution is -0.116. The molecule has 0 spiro atoms. The number of carbonyl (C=O) groups excluding carboxylic acids is 1. The minimum Gasteiger partial charge on any atom is -0.325 e. The smallest absolute Gasteiger partial charge is 0.308 e. The van der Waals surface area contributed by atoms with Crippen molar-refractivity contribution in [2.75, 3.05) is 5.32 Å². The maximum absolute atomic E-state index is 13.7. The standard InChI is InChI=1S/C25H22ClFN2O2S2/c26-16-5-9-18(10-6-16)28-19(30)12-29-24-23(33-25(29)31)20(13-3-7-17(27)8-4-13)21-14-1-2-15(11-14)22(21)32-24/h3-10,14-15,20-22H,1-2,11-12H2,(H,28,30)/t14-,15-,20-,21-,22+/m0/s1. The topological polar surface area (TPSA) is 51.1 Å². The summed E-state index contributed by atoms with van der Waals surface area (Å²) >= 11 is 8.96. The Morgan fingerprint density at radius 1 is 1.09 bits per heavy atom. The molecule has 2 heterocycles. The van der Waals surface area contributed by atoms with Crippen LogP contribution in [0.2, 0.25) is 5.02 Å². The van der Waals surface area contributed by atoms with Gasteiger partial charge in [0.1, 0.15) is 12.4 Å². The Morgan fingerprint density at radius 3 is 2.58 bits per heavy atom. The first-order valence-electron chi connectivity index (χ1n) is 11.2. The average Bonchev–Trinajstić information content (AvgIpc) is 3.49. The average molecular weight is 501 g/mol. The van der Waals surface area contributed by atoms with Gasteiger partial charge < -0.3 is 5.32 Å². The fraction of sp³-hybridized carbons (Fsp3) is 0.360. The summed E-state index contributed by atoms with van der Waals surface area (Å²) in [7, 11) is 0. The molecule has 6 rings (SSSR count). The highest BCUT2D eigenvalue weighted by atomic mass is 35.5. The molecule has 8 heteroatoms. The number of hydrogen-bond acceptors (Lipinski definition) is 4. The van der Waals surface area contributed by atoms with Crippen molar-refractivity contribution in [3.05, 3.63) is 79.5 Å². The number of thioether (sulfide) groups is 1. The van der Waals surface area contributed by atoms with E-state index in [1.807, 2.05) is 12.1 Å². The Hall–Kier alpha value is -2.09. The van der Waals surface area contributed by atoms with Crippen LogP contribution in [0.1, 0.15) is 35.6 Å². The monoisotopic (exact) mass is 500 g/mol. The van der Waals surface area contributed by atoms with Crippen molar-refractivity contribution >= 4 is 46.3 Å². The van der Waals surface area contributed by atoms with Crippen LogP contribution >= 0.6 is 34.7 Å². The number of hydrogen-bond donors (Lipinski definition) is 1. The molecule has 3 aromatic rings. The van der Waals surface area contributed by atoms with Crippen molar-refractivity contribution in [3.63, 3.8) is 0 Å². The van der Waals surface area contributed by atoms with Crippen LogP contribution in [0.15, 0.2) is 58.4 Å². The SMILES string of the molecule is O=C(Cn1c2c(sc1=O)[C@@H](c1ccc(F)cc1)[C@@H]1[C@H]3CC[C@@H](C3)[C@H]1S2)Nc1ccc(Cl)cc1. The van der Waals surface area contributed by atoms with Crippen LogP contribution in [0.3, 0.4) is 0 Å². The van der Waals surface area contributed by atoms with E-state index in [4.69, 9.17) is 11.6 Å². The number of nitrogens with one attached hydrogen (secondary N) is 1. The maximum Gasteiger partial charge on any atom is 0.308 e. The summed E-state index contributed by atoms with van der Waals surface area (Å²) in [5.41, 5.74) is 1.71. The van der Waals surface area contributed by atoms with Gasteiger partial charge in [0, 0.05) is 26.8 Å². The minimum absolute atomic E-state index is 0.0259. The van der Waals surface area contributed by atoms with E-state index in [9.17, 15) is 14.0 Å². The molecule has 2 saturated carbocycles. The molecule has 5 atom stereocenters. The van der Waals surface area contributed by atoms with Gasteiger partial charge in [-0.3, -0.25) is 14.2 Å². The number of thiazole rings is 1. The summed E-state index contributed by atoms with van der Waals surface area (Å²) in [6.45, 7) is -0.0259. The molecule has 0 saturated heterocycles. The molecule has 2 fully saturated rings. The molecular weight excluding hydrogens is 479 g/mol. The van der Waals surface area contributed by atoms with E-state index in [1.54, 1.807) is 40.6 Å². The van der Waals surface area contributed by atoms with E-state index in [0.717, 1.165) is 15.5 Å². The van der Waals surface area contributed by atoms with Crippen LogP contribution in [-0.4, -0.2) is 15.7 Å². The largest absolute Gasteiger partial charge is 0.325 e. The fourth-order valence-corrected chi connectivity index (χ4v) is 9.28. The first kappa shape index (κ1) is 21.4. The predicted molar refractivity (Wildman–Crippen MR) is 131 cm³/mol. The van der Waals surface area contributed by atoms with E-state index >= 15 is 0 Å². The van der Waals surface area contributed by atoms with Crippen molar-refractivity contribution in [2.24, 2.45) is 17.8 Å². The second-order valence-corrected chi connectivity index (χ2v) is 11.8. The maximum atomic E-state index is 13.7. The molecule has 1 amide bonds. The Labute approximate surface area is 204 Å². The van der Waals surface area contributed by atoms with Gasteiger partial charge in [0.2, 0.25) is 5.91 Å². The highest BCUT2D eigenvalue weighted by molar-refractivity contribution is 8.00. The van der Waals surface area contributed by atoms with E-state index < -0.39 is 0 Å². The normalized spacial score (nSPS) is 27.3. The molecule has 1 aliphatic heterocycles. The van der Waals surface area contributed by atoms with Gasteiger partial charge in [-0.1, -0.05) is 35.1 Å². The summed E-state index contributed by atoms with van der Waals surface area (Å²) < 4.78 is 15.3. The first-order valence-corrected chi connectivity index (χ1v) is 13.3. The van der Waals surface area contributed by atoms with Gasteiger partial charge in [-0.25, -0.2) is 4.39 Å². The van der Waals surface area contributed by atoms with E-state index in [2.05, 4.69) is 5.32 Å². The summed E-state index contributed by atoms with van der Waals surface area (Å²) in [6, 6.07) is 13.7. The third kappa shape index (κ3) is 3.74. The number of anilines is 1. The zero-order valence-electron chi connectivity index (χ0n) is 17.7. The van der Waals surface area contributed by atoms with Gasteiger partial charge in [0.15, 0.2) is 0 Å². The summed E-state index contributed by atoms with van der Waals surface area (Å²) in [4.78, 5) is 26.8. The summed E-state index contributed by atoms with van der Waals surface area (Å²) in [5.74, 6) is 1.34. The fourth-order valence-electron chi connectivity index (χ4n) is 6.01. The van der Waals surface area contributed by atoms with Gasteiger partial charge in [-0.05, 0) is 79.0 Å². The molecular formula is C25H22ClFN2O2S2. The van der Waals surface area contributed by atoms with Crippen LogP contribution in [0, 0.1) is 23.6 Å². The second kappa shape index (κ2) is 8.29. The van der Waals surface area contributed by atoms with Crippen molar-refractivity contribution in [1.82, 2.24) is 4.57 Å².